The summed E-state index contributed by atoms with van der Waals surface area (Å²) in [7, 11) is 0. The molecule has 0 bridgehead atoms. The van der Waals surface area contributed by atoms with Crippen molar-refractivity contribution >= 4 is 17.8 Å². The first-order chi connectivity index (χ1) is 15.7. The van der Waals surface area contributed by atoms with Crippen LogP contribution in [0.4, 0.5) is 18.0 Å². The lowest BCUT2D eigenvalue weighted by molar-refractivity contribution is -0.137. The van der Waals surface area contributed by atoms with Gasteiger partial charge in [0.25, 0.3) is 11.8 Å². The number of aromatic nitrogens is 2. The molecular weight excluding hydrogens is 439 g/mol. The molecule has 0 aliphatic carbocycles. The number of carbonyl (C=O) groups is 3. The zero-order valence-corrected chi connectivity index (χ0v) is 16.8. The zero-order chi connectivity index (χ0) is 23.6. The lowest BCUT2D eigenvalue weighted by atomic mass is 9.94. The molecule has 2 heterocycles. The number of amides is 4. The molecule has 1 aromatic heterocycles. The highest BCUT2D eigenvalue weighted by Crippen LogP contribution is 2.32. The highest BCUT2D eigenvalue weighted by molar-refractivity contribution is 6.08. The van der Waals surface area contributed by atoms with Gasteiger partial charge in [0.2, 0.25) is 0 Å². The van der Waals surface area contributed by atoms with Crippen molar-refractivity contribution in [3.8, 4) is 11.1 Å². The van der Waals surface area contributed by atoms with E-state index in [2.05, 4.69) is 25.9 Å². The summed E-state index contributed by atoms with van der Waals surface area (Å²) in [6, 6.07) is 10.0. The van der Waals surface area contributed by atoms with Gasteiger partial charge < -0.3 is 10.6 Å². The van der Waals surface area contributed by atoms with Gasteiger partial charge in [-0.15, -0.1) is 0 Å². The number of halogens is 3. The molecule has 2 aromatic carbocycles. The van der Waals surface area contributed by atoms with Gasteiger partial charge >= 0.3 is 12.2 Å². The Morgan fingerprint density at radius 1 is 1.03 bits per heavy atom. The Labute approximate surface area is 185 Å². The molecule has 1 fully saturated rings. The highest BCUT2D eigenvalue weighted by atomic mass is 19.4. The smallest absolute Gasteiger partial charge is 0.349 e. The Morgan fingerprint density at radius 2 is 1.76 bits per heavy atom. The van der Waals surface area contributed by atoms with Crippen LogP contribution >= 0.6 is 0 Å². The molecule has 1 aliphatic heterocycles. The summed E-state index contributed by atoms with van der Waals surface area (Å²) in [5, 5.41) is 7.22. The molecule has 33 heavy (non-hydrogen) atoms. The molecule has 4 rings (SSSR count). The van der Waals surface area contributed by atoms with Gasteiger partial charge in [0.1, 0.15) is 0 Å². The quantitative estimate of drug-likeness (QED) is 0.512. The van der Waals surface area contributed by atoms with Crippen LogP contribution in [-0.4, -0.2) is 34.4 Å². The lowest BCUT2D eigenvalue weighted by Crippen LogP contribution is -2.53. The molecule has 8 nitrogen and oxygen atoms in total. The summed E-state index contributed by atoms with van der Waals surface area (Å²) in [5.41, 5.74) is -1.35. The van der Waals surface area contributed by atoms with Crippen molar-refractivity contribution in [1.82, 2.24) is 25.9 Å². The van der Waals surface area contributed by atoms with Crippen LogP contribution in [0.3, 0.4) is 0 Å². The van der Waals surface area contributed by atoms with Crippen LogP contribution in [-0.2, 0) is 16.5 Å². The van der Waals surface area contributed by atoms with Crippen molar-refractivity contribution in [2.75, 3.05) is 6.54 Å². The van der Waals surface area contributed by atoms with Crippen molar-refractivity contribution in [1.29, 1.82) is 0 Å². The molecule has 1 atom stereocenters. The van der Waals surface area contributed by atoms with Gasteiger partial charge in [0.05, 0.1) is 24.0 Å². The largest absolute Gasteiger partial charge is 0.416 e. The number of alkyl halides is 3. The second kappa shape index (κ2) is 8.34. The molecule has 168 valence electrons. The molecule has 0 spiro atoms. The van der Waals surface area contributed by atoms with E-state index in [1.165, 1.54) is 36.8 Å². The predicted octanol–water partition coefficient (Wildman–Crippen LogP) is 2.63. The van der Waals surface area contributed by atoms with Crippen molar-refractivity contribution in [2.24, 2.45) is 0 Å². The molecule has 3 aromatic rings. The van der Waals surface area contributed by atoms with Crippen molar-refractivity contribution in [3.63, 3.8) is 0 Å². The van der Waals surface area contributed by atoms with Crippen LogP contribution in [0.1, 0.15) is 21.6 Å². The molecule has 0 saturated carbocycles. The maximum atomic E-state index is 13.0. The van der Waals surface area contributed by atoms with E-state index in [1.54, 1.807) is 18.2 Å². The van der Waals surface area contributed by atoms with E-state index in [-0.39, 0.29) is 17.8 Å². The number of imide groups is 1. The number of nitrogens with one attached hydrogen (secondary N) is 3. The second-order valence-electron chi connectivity index (χ2n) is 7.21. The van der Waals surface area contributed by atoms with E-state index in [0.29, 0.717) is 11.1 Å². The third kappa shape index (κ3) is 4.25. The third-order valence-corrected chi connectivity index (χ3v) is 5.15. The summed E-state index contributed by atoms with van der Waals surface area (Å²) in [6.07, 6.45) is -0.439. The minimum atomic E-state index is -4.48. The van der Waals surface area contributed by atoms with Gasteiger partial charge in [0, 0.05) is 18.0 Å². The normalized spacial score (nSPS) is 17.9. The molecular formula is C22H16F3N5O3. The first-order valence-electron chi connectivity index (χ1n) is 9.66. The number of hydrogen-bond acceptors (Lipinski definition) is 5. The van der Waals surface area contributed by atoms with Crippen LogP contribution in [0.5, 0.6) is 0 Å². The van der Waals surface area contributed by atoms with Crippen molar-refractivity contribution in [3.05, 3.63) is 83.9 Å². The maximum absolute atomic E-state index is 13.0. The molecule has 1 unspecified atom stereocenters. The molecule has 4 amide bonds. The van der Waals surface area contributed by atoms with Crippen molar-refractivity contribution in [2.45, 2.75) is 11.7 Å². The Balaban J connectivity index is 1.61. The summed E-state index contributed by atoms with van der Waals surface area (Å²) in [4.78, 5) is 45.4. The van der Waals surface area contributed by atoms with Gasteiger partial charge in [-0.25, -0.2) is 4.79 Å². The average Bonchev–Trinajstić information content (AvgIpc) is 3.11. The highest BCUT2D eigenvalue weighted by Gasteiger charge is 2.49. The molecule has 0 radical (unpaired) electrons. The first-order valence-corrected chi connectivity index (χ1v) is 9.66. The minimum Gasteiger partial charge on any atom is -0.349 e. The SMILES string of the molecule is O=C1NC(=O)C(CNC(=O)c2ccccc2-c2ccc(C(F)(F)F)cc2)(c2cnccn2)N1. The lowest BCUT2D eigenvalue weighted by Gasteiger charge is -2.25. The van der Waals surface area contributed by atoms with Gasteiger partial charge in [-0.05, 0) is 29.3 Å². The summed E-state index contributed by atoms with van der Waals surface area (Å²) in [6.45, 7) is -0.330. The Kier molecular flexibility index (Phi) is 5.54. The fourth-order valence-corrected chi connectivity index (χ4v) is 3.49. The molecule has 1 saturated heterocycles. The summed E-state index contributed by atoms with van der Waals surface area (Å²) >= 11 is 0. The van der Waals surface area contributed by atoms with E-state index >= 15 is 0 Å². The van der Waals surface area contributed by atoms with E-state index < -0.39 is 35.1 Å². The van der Waals surface area contributed by atoms with Crippen molar-refractivity contribution < 1.29 is 27.6 Å². The third-order valence-electron chi connectivity index (χ3n) is 5.15. The van der Waals surface area contributed by atoms with E-state index in [1.807, 2.05) is 0 Å². The fourth-order valence-electron chi connectivity index (χ4n) is 3.49. The van der Waals surface area contributed by atoms with E-state index in [9.17, 15) is 27.6 Å². The van der Waals surface area contributed by atoms with E-state index in [4.69, 9.17) is 0 Å². The number of carbonyl (C=O) groups excluding carboxylic acids is 3. The Morgan fingerprint density at radius 3 is 2.36 bits per heavy atom. The maximum Gasteiger partial charge on any atom is 0.416 e. The molecule has 11 heteroatoms. The van der Waals surface area contributed by atoms with Crippen LogP contribution in [0.25, 0.3) is 11.1 Å². The zero-order valence-electron chi connectivity index (χ0n) is 16.8. The monoisotopic (exact) mass is 455 g/mol. The van der Waals surface area contributed by atoms with Gasteiger partial charge in [-0.2, -0.15) is 13.2 Å². The fraction of sp³-hybridized carbons (Fsp3) is 0.136. The standard InChI is InChI=1S/C22H16F3N5O3/c23-22(24,25)14-7-5-13(6-8-14)15-3-1-2-4-16(15)18(31)28-12-21(17-11-26-9-10-27-17)19(32)29-20(33)30-21/h1-11H,12H2,(H,28,31)(H2,29,30,32,33). The topological polar surface area (TPSA) is 113 Å². The average molecular weight is 455 g/mol. The number of rotatable bonds is 5. The van der Waals surface area contributed by atoms with Crippen LogP contribution < -0.4 is 16.0 Å². The number of urea groups is 1. The first kappa shape index (κ1) is 21.9. The predicted molar refractivity (Wildman–Crippen MR) is 110 cm³/mol. The Bertz CT molecular complexity index is 1220. The van der Waals surface area contributed by atoms with Crippen LogP contribution in [0, 0.1) is 0 Å². The molecule has 1 aliphatic rings. The Hall–Kier alpha value is -4.28. The number of nitrogens with zero attached hydrogens (tertiary/aromatic N) is 2. The molecule has 3 N–H and O–H groups in total. The summed E-state index contributed by atoms with van der Waals surface area (Å²) < 4.78 is 38.6. The minimum absolute atomic E-state index is 0.129. The van der Waals surface area contributed by atoms with Crippen LogP contribution in [0.15, 0.2) is 67.1 Å². The number of hydrogen-bond donors (Lipinski definition) is 3. The van der Waals surface area contributed by atoms with Gasteiger partial charge in [0.15, 0.2) is 5.54 Å². The van der Waals surface area contributed by atoms with Crippen LogP contribution in [0.2, 0.25) is 0 Å². The number of benzene rings is 2. The summed E-state index contributed by atoms with van der Waals surface area (Å²) in [5.74, 6) is -1.30. The van der Waals surface area contributed by atoms with Gasteiger partial charge in [-0.1, -0.05) is 30.3 Å². The van der Waals surface area contributed by atoms with Gasteiger partial charge in [-0.3, -0.25) is 24.9 Å². The second-order valence-corrected chi connectivity index (χ2v) is 7.21. The van der Waals surface area contributed by atoms with E-state index in [0.717, 1.165) is 12.1 Å².